The molecule has 1 unspecified atom stereocenters. The fourth-order valence-corrected chi connectivity index (χ4v) is 1.41. The molecule has 0 spiro atoms. The van der Waals surface area contributed by atoms with Gasteiger partial charge in [0.25, 0.3) is 0 Å². The third-order valence-corrected chi connectivity index (χ3v) is 2.90. The summed E-state index contributed by atoms with van der Waals surface area (Å²) >= 11 is 3.47. The minimum Gasteiger partial charge on any atom is -0.383 e. The van der Waals surface area contributed by atoms with Crippen LogP contribution in [-0.4, -0.2) is 19.1 Å². The van der Waals surface area contributed by atoms with Crippen LogP contribution in [0.4, 0.5) is 5.69 Å². The summed E-state index contributed by atoms with van der Waals surface area (Å²) in [4.78, 5) is 0. The van der Waals surface area contributed by atoms with Crippen LogP contribution < -0.4 is 16.8 Å². The topological polar surface area (TPSA) is 64.1 Å². The molecule has 0 amide bonds. The average Bonchev–Trinajstić information content (AvgIpc) is 2.19. The summed E-state index contributed by atoms with van der Waals surface area (Å²) in [6.07, 6.45) is 0. The summed E-state index contributed by atoms with van der Waals surface area (Å²) in [6.45, 7) is 3.26. The lowest BCUT2D eigenvalue weighted by Crippen LogP contribution is -2.36. The van der Waals surface area contributed by atoms with E-state index in [1.54, 1.807) is 0 Å². The first-order chi connectivity index (χ1) is 6.63. The summed E-state index contributed by atoms with van der Waals surface area (Å²) < 4.78 is 1.10. The van der Waals surface area contributed by atoms with Gasteiger partial charge in [0.1, 0.15) is 0 Å². The molecule has 0 aliphatic carbocycles. The maximum Gasteiger partial charge on any atom is 0.0352 e. The first-order valence-corrected chi connectivity index (χ1v) is 5.38. The number of hydrogen-bond donors (Lipinski definition) is 3. The highest BCUT2D eigenvalue weighted by Gasteiger charge is 2.00. The van der Waals surface area contributed by atoms with Crippen molar-refractivity contribution in [1.82, 2.24) is 0 Å². The third-order valence-electron chi connectivity index (χ3n) is 2.04. The van der Waals surface area contributed by atoms with E-state index in [4.69, 9.17) is 11.5 Å². The first-order valence-electron chi connectivity index (χ1n) is 4.59. The highest BCUT2D eigenvalue weighted by atomic mass is 79.9. The first kappa shape index (κ1) is 11.5. The van der Waals surface area contributed by atoms with Crippen molar-refractivity contribution in [1.29, 1.82) is 0 Å². The van der Waals surface area contributed by atoms with E-state index >= 15 is 0 Å². The Balaban J connectivity index is 2.55. The molecule has 4 heteroatoms. The Morgan fingerprint density at radius 1 is 1.50 bits per heavy atom. The largest absolute Gasteiger partial charge is 0.383 e. The van der Waals surface area contributed by atoms with Gasteiger partial charge in [-0.15, -0.1) is 0 Å². The lowest BCUT2D eigenvalue weighted by Gasteiger charge is -2.12. The minimum absolute atomic E-state index is 0.00933. The lowest BCUT2D eigenvalue weighted by molar-refractivity contribution is 0.713. The number of anilines is 1. The Bertz CT molecular complexity index is 301. The molecule has 78 valence electrons. The number of hydrogen-bond acceptors (Lipinski definition) is 3. The molecule has 0 saturated heterocycles. The van der Waals surface area contributed by atoms with E-state index in [-0.39, 0.29) is 6.04 Å². The molecule has 0 saturated carbocycles. The normalized spacial score (nSPS) is 12.6. The second-order valence-corrected chi connectivity index (χ2v) is 4.19. The van der Waals surface area contributed by atoms with Gasteiger partial charge in [-0.1, -0.05) is 22.0 Å². The monoisotopic (exact) mass is 257 g/mol. The van der Waals surface area contributed by atoms with Crippen LogP contribution in [-0.2, 0) is 0 Å². The fraction of sp³-hybridized carbons (Fsp3) is 0.400. The van der Waals surface area contributed by atoms with E-state index in [1.807, 2.05) is 12.1 Å². The van der Waals surface area contributed by atoms with E-state index in [1.165, 1.54) is 5.56 Å². The molecule has 14 heavy (non-hydrogen) atoms. The molecular formula is C10H16BrN3. The number of nitrogens with one attached hydrogen (secondary N) is 1. The Morgan fingerprint density at radius 3 is 2.79 bits per heavy atom. The molecular weight excluding hydrogens is 242 g/mol. The zero-order valence-electron chi connectivity index (χ0n) is 8.26. The molecule has 0 bridgehead atoms. The summed E-state index contributed by atoms with van der Waals surface area (Å²) in [5.41, 5.74) is 13.4. The van der Waals surface area contributed by atoms with Crippen molar-refractivity contribution in [2.45, 2.75) is 13.0 Å². The van der Waals surface area contributed by atoms with Crippen LogP contribution >= 0.6 is 15.9 Å². The van der Waals surface area contributed by atoms with Crippen LogP contribution in [0.3, 0.4) is 0 Å². The molecule has 1 aromatic rings. The number of halogens is 1. The Labute approximate surface area is 93.0 Å². The SMILES string of the molecule is Cc1ccc(NCC(N)CN)cc1Br. The number of aryl methyl sites for hydroxylation is 1. The summed E-state index contributed by atoms with van der Waals surface area (Å²) in [5, 5.41) is 3.23. The van der Waals surface area contributed by atoms with Gasteiger partial charge >= 0.3 is 0 Å². The summed E-state index contributed by atoms with van der Waals surface area (Å²) in [6, 6.07) is 6.14. The van der Waals surface area contributed by atoms with E-state index < -0.39 is 0 Å². The van der Waals surface area contributed by atoms with Crippen molar-refractivity contribution >= 4 is 21.6 Å². The molecule has 3 nitrogen and oxygen atoms in total. The van der Waals surface area contributed by atoms with Crippen molar-refractivity contribution in [3.63, 3.8) is 0 Å². The molecule has 0 aliphatic heterocycles. The molecule has 1 aromatic carbocycles. The number of rotatable bonds is 4. The summed E-state index contributed by atoms with van der Waals surface area (Å²) in [7, 11) is 0. The maximum atomic E-state index is 5.69. The van der Waals surface area contributed by atoms with Gasteiger partial charge in [-0.25, -0.2) is 0 Å². The Hall–Kier alpha value is -0.580. The minimum atomic E-state index is 0.00933. The van der Waals surface area contributed by atoms with Gasteiger partial charge in [-0.2, -0.15) is 0 Å². The smallest absolute Gasteiger partial charge is 0.0352 e. The molecule has 0 aliphatic rings. The molecule has 1 rings (SSSR count). The molecule has 5 N–H and O–H groups in total. The molecule has 0 radical (unpaired) electrons. The van der Waals surface area contributed by atoms with Crippen molar-refractivity contribution in [3.05, 3.63) is 28.2 Å². The van der Waals surface area contributed by atoms with Crippen LogP contribution in [0, 0.1) is 6.92 Å². The third kappa shape index (κ3) is 3.29. The van der Waals surface area contributed by atoms with Crippen molar-refractivity contribution in [2.24, 2.45) is 11.5 Å². The van der Waals surface area contributed by atoms with Crippen LogP contribution in [0.2, 0.25) is 0 Å². The fourth-order valence-electron chi connectivity index (χ4n) is 1.04. The van der Waals surface area contributed by atoms with Crippen LogP contribution in [0.15, 0.2) is 22.7 Å². The van der Waals surface area contributed by atoms with E-state index in [0.717, 1.165) is 10.2 Å². The lowest BCUT2D eigenvalue weighted by atomic mass is 10.2. The molecule has 1 atom stereocenters. The Morgan fingerprint density at radius 2 is 2.21 bits per heavy atom. The van der Waals surface area contributed by atoms with Gasteiger partial charge in [-0.05, 0) is 24.6 Å². The molecule has 0 fully saturated rings. The predicted molar refractivity (Wildman–Crippen MR) is 64.4 cm³/mol. The van der Waals surface area contributed by atoms with Crippen molar-refractivity contribution in [3.8, 4) is 0 Å². The zero-order chi connectivity index (χ0) is 10.6. The zero-order valence-corrected chi connectivity index (χ0v) is 9.84. The quantitative estimate of drug-likeness (QED) is 0.766. The highest BCUT2D eigenvalue weighted by Crippen LogP contribution is 2.20. The second-order valence-electron chi connectivity index (χ2n) is 3.34. The maximum absolute atomic E-state index is 5.69. The number of benzene rings is 1. The van der Waals surface area contributed by atoms with Gasteiger partial charge in [0.15, 0.2) is 0 Å². The standard InChI is InChI=1S/C10H16BrN3/c1-7-2-3-9(4-10(7)11)14-6-8(13)5-12/h2-4,8,14H,5-6,12-13H2,1H3. The van der Waals surface area contributed by atoms with Gasteiger partial charge in [0.05, 0.1) is 0 Å². The van der Waals surface area contributed by atoms with Gasteiger partial charge in [0.2, 0.25) is 0 Å². The summed E-state index contributed by atoms with van der Waals surface area (Å²) in [5.74, 6) is 0. The second kappa shape index (κ2) is 5.34. The van der Waals surface area contributed by atoms with E-state index in [9.17, 15) is 0 Å². The Kier molecular flexibility index (Phi) is 4.38. The van der Waals surface area contributed by atoms with Crippen molar-refractivity contribution < 1.29 is 0 Å². The van der Waals surface area contributed by atoms with Gasteiger partial charge < -0.3 is 16.8 Å². The van der Waals surface area contributed by atoms with Crippen LogP contribution in [0.5, 0.6) is 0 Å². The van der Waals surface area contributed by atoms with E-state index in [2.05, 4.69) is 34.2 Å². The van der Waals surface area contributed by atoms with E-state index in [0.29, 0.717) is 13.1 Å². The van der Waals surface area contributed by atoms with Crippen LogP contribution in [0.1, 0.15) is 5.56 Å². The van der Waals surface area contributed by atoms with Gasteiger partial charge in [-0.3, -0.25) is 0 Å². The average molecular weight is 258 g/mol. The van der Waals surface area contributed by atoms with Crippen molar-refractivity contribution in [2.75, 3.05) is 18.4 Å². The molecule has 0 aromatic heterocycles. The van der Waals surface area contributed by atoms with Crippen LogP contribution in [0.25, 0.3) is 0 Å². The highest BCUT2D eigenvalue weighted by molar-refractivity contribution is 9.10. The van der Waals surface area contributed by atoms with Gasteiger partial charge in [0, 0.05) is 29.3 Å². The predicted octanol–water partition coefficient (Wildman–Crippen LogP) is 1.46. The number of nitrogens with two attached hydrogens (primary N) is 2. The molecule has 0 heterocycles.